The number of fused-ring (bicyclic) bond motifs is 1. The first kappa shape index (κ1) is 21.4. The van der Waals surface area contributed by atoms with Gasteiger partial charge in [-0.25, -0.2) is 4.98 Å². The van der Waals surface area contributed by atoms with Gasteiger partial charge in [0.25, 0.3) is 0 Å². The number of guanidine groups is 1. The Morgan fingerprint density at radius 1 is 1.24 bits per heavy atom. The highest BCUT2D eigenvalue weighted by Crippen LogP contribution is 2.29. The van der Waals surface area contributed by atoms with Crippen LogP contribution in [0.5, 0.6) is 5.88 Å². The van der Waals surface area contributed by atoms with E-state index in [9.17, 15) is 0 Å². The molecule has 2 heterocycles. The molecule has 4 rings (SSSR count). The van der Waals surface area contributed by atoms with Crippen LogP contribution in [0, 0.1) is 5.92 Å². The summed E-state index contributed by atoms with van der Waals surface area (Å²) in [6, 6.07) is 12.4. The second-order valence-corrected chi connectivity index (χ2v) is 7.22. The lowest BCUT2D eigenvalue weighted by atomic mass is 10.1. The number of H-pyrrole nitrogens is 1. The predicted octanol–water partition coefficient (Wildman–Crippen LogP) is 3.88. The maximum absolute atomic E-state index is 5.76. The van der Waals surface area contributed by atoms with E-state index in [-0.39, 0.29) is 24.0 Å². The number of rotatable bonds is 8. The molecule has 0 aliphatic heterocycles. The van der Waals surface area contributed by atoms with Crippen LogP contribution in [-0.2, 0) is 13.0 Å². The van der Waals surface area contributed by atoms with Gasteiger partial charge in [0.05, 0.1) is 6.61 Å². The number of aromatic nitrogens is 2. The molecule has 2 aromatic heterocycles. The Morgan fingerprint density at radius 3 is 2.93 bits per heavy atom. The number of pyridine rings is 1. The smallest absolute Gasteiger partial charge is 0.213 e. The van der Waals surface area contributed by atoms with Crippen molar-refractivity contribution in [2.45, 2.75) is 25.8 Å². The number of benzene rings is 1. The molecule has 6 nitrogen and oxygen atoms in total. The van der Waals surface area contributed by atoms with E-state index >= 15 is 0 Å². The van der Waals surface area contributed by atoms with Gasteiger partial charge in [0.2, 0.25) is 5.88 Å². The summed E-state index contributed by atoms with van der Waals surface area (Å²) in [5.74, 6) is 2.22. The van der Waals surface area contributed by atoms with Crippen LogP contribution in [-0.4, -0.2) is 36.1 Å². The van der Waals surface area contributed by atoms with Crippen molar-refractivity contribution >= 4 is 40.8 Å². The molecule has 0 amide bonds. The lowest BCUT2D eigenvalue weighted by Crippen LogP contribution is -2.37. The molecule has 0 unspecified atom stereocenters. The summed E-state index contributed by atoms with van der Waals surface area (Å²) in [5.41, 5.74) is 3.61. The van der Waals surface area contributed by atoms with Crippen molar-refractivity contribution in [1.29, 1.82) is 0 Å². The van der Waals surface area contributed by atoms with E-state index in [4.69, 9.17) is 4.74 Å². The Bertz CT molecular complexity index is 951. The summed E-state index contributed by atoms with van der Waals surface area (Å²) in [7, 11) is 1.79. The molecule has 1 aromatic carbocycles. The third kappa shape index (κ3) is 6.09. The standard InChI is InChI=1S/C22H27N5O.HI/c1-23-22(25-11-9-18-14-26-20-5-3-2-4-19(18)20)27-13-17-8-10-24-21(12-17)28-15-16-6-7-16;/h2-5,8,10,12,14,16,26H,6-7,9,11,13,15H2,1H3,(H2,23,25,27);1H. The van der Waals surface area contributed by atoms with E-state index in [2.05, 4.69) is 50.0 Å². The molecule has 0 radical (unpaired) electrons. The van der Waals surface area contributed by atoms with Gasteiger partial charge in [-0.3, -0.25) is 4.99 Å². The molecule has 1 saturated carbocycles. The summed E-state index contributed by atoms with van der Waals surface area (Å²) in [5, 5.41) is 8.02. The predicted molar refractivity (Wildman–Crippen MR) is 128 cm³/mol. The fourth-order valence-electron chi connectivity index (χ4n) is 3.19. The van der Waals surface area contributed by atoms with Gasteiger partial charge in [-0.2, -0.15) is 0 Å². The molecule has 7 heteroatoms. The minimum atomic E-state index is 0. The zero-order chi connectivity index (χ0) is 19.2. The third-order valence-corrected chi connectivity index (χ3v) is 5.01. The molecule has 0 spiro atoms. The minimum Gasteiger partial charge on any atom is -0.477 e. The average Bonchev–Trinajstić information content (AvgIpc) is 3.48. The Balaban J connectivity index is 0.00000240. The van der Waals surface area contributed by atoms with Crippen molar-refractivity contribution in [3.63, 3.8) is 0 Å². The highest BCUT2D eigenvalue weighted by atomic mass is 127. The molecule has 1 aliphatic rings. The van der Waals surface area contributed by atoms with E-state index < -0.39 is 0 Å². The van der Waals surface area contributed by atoms with Crippen LogP contribution < -0.4 is 15.4 Å². The third-order valence-electron chi connectivity index (χ3n) is 5.01. The molecular weight excluding hydrogens is 477 g/mol. The van der Waals surface area contributed by atoms with Gasteiger partial charge < -0.3 is 20.4 Å². The molecule has 1 aliphatic carbocycles. The van der Waals surface area contributed by atoms with Crippen LogP contribution in [0.2, 0.25) is 0 Å². The molecule has 154 valence electrons. The first-order chi connectivity index (χ1) is 13.8. The molecule has 1 fully saturated rings. The van der Waals surface area contributed by atoms with Gasteiger partial charge in [0.15, 0.2) is 5.96 Å². The summed E-state index contributed by atoms with van der Waals surface area (Å²) >= 11 is 0. The molecule has 3 aromatic rings. The average molecular weight is 505 g/mol. The largest absolute Gasteiger partial charge is 0.477 e. The normalized spacial score (nSPS) is 13.8. The van der Waals surface area contributed by atoms with Crippen LogP contribution in [0.25, 0.3) is 10.9 Å². The number of aliphatic imine (C=N–C) groups is 1. The van der Waals surface area contributed by atoms with Crippen molar-refractivity contribution in [1.82, 2.24) is 20.6 Å². The maximum atomic E-state index is 5.76. The van der Waals surface area contributed by atoms with E-state index in [1.54, 1.807) is 13.2 Å². The molecule has 29 heavy (non-hydrogen) atoms. The number of aromatic amines is 1. The monoisotopic (exact) mass is 505 g/mol. The van der Waals surface area contributed by atoms with Gasteiger partial charge in [-0.05, 0) is 48.4 Å². The lowest BCUT2D eigenvalue weighted by molar-refractivity contribution is 0.288. The zero-order valence-corrected chi connectivity index (χ0v) is 19.0. The van der Waals surface area contributed by atoms with Crippen LogP contribution in [0.4, 0.5) is 0 Å². The summed E-state index contributed by atoms with van der Waals surface area (Å²) in [6.45, 7) is 2.27. The number of nitrogens with one attached hydrogen (secondary N) is 3. The number of ether oxygens (including phenoxy) is 1. The second-order valence-electron chi connectivity index (χ2n) is 7.22. The van der Waals surface area contributed by atoms with Crippen LogP contribution >= 0.6 is 24.0 Å². The van der Waals surface area contributed by atoms with Crippen LogP contribution in [0.1, 0.15) is 24.0 Å². The zero-order valence-electron chi connectivity index (χ0n) is 16.6. The van der Waals surface area contributed by atoms with Gasteiger partial charge in [-0.15, -0.1) is 24.0 Å². The lowest BCUT2D eigenvalue weighted by Gasteiger charge is -2.12. The Kier molecular flexibility index (Phi) is 7.74. The van der Waals surface area contributed by atoms with Gasteiger partial charge in [0.1, 0.15) is 0 Å². The Labute approximate surface area is 188 Å². The summed E-state index contributed by atoms with van der Waals surface area (Å²) in [4.78, 5) is 11.9. The molecule has 0 bridgehead atoms. The van der Waals surface area contributed by atoms with E-state index in [1.165, 1.54) is 29.3 Å². The van der Waals surface area contributed by atoms with Gasteiger partial charge in [-0.1, -0.05) is 18.2 Å². The van der Waals surface area contributed by atoms with Crippen molar-refractivity contribution < 1.29 is 4.74 Å². The van der Waals surface area contributed by atoms with E-state index in [0.29, 0.717) is 12.4 Å². The first-order valence-electron chi connectivity index (χ1n) is 9.89. The fourth-order valence-corrected chi connectivity index (χ4v) is 3.19. The molecular formula is C22H28IN5O. The second kappa shape index (κ2) is 10.5. The number of halogens is 1. The molecule has 0 atom stereocenters. The maximum Gasteiger partial charge on any atom is 0.213 e. The SMILES string of the molecule is CN=C(NCCc1c[nH]c2ccccc12)NCc1ccnc(OCC2CC2)c1.I. The quantitative estimate of drug-likeness (QED) is 0.247. The molecule has 3 N–H and O–H groups in total. The summed E-state index contributed by atoms with van der Waals surface area (Å²) in [6.07, 6.45) is 7.37. The van der Waals surface area contributed by atoms with Crippen LogP contribution in [0.3, 0.4) is 0 Å². The van der Waals surface area contributed by atoms with Crippen molar-refractivity contribution in [2.75, 3.05) is 20.2 Å². The number of hydrogen-bond acceptors (Lipinski definition) is 3. The summed E-state index contributed by atoms with van der Waals surface area (Å²) < 4.78 is 5.76. The van der Waals surface area contributed by atoms with Crippen molar-refractivity contribution in [3.05, 3.63) is 59.9 Å². The Hall–Kier alpha value is -2.29. The highest BCUT2D eigenvalue weighted by molar-refractivity contribution is 14.0. The van der Waals surface area contributed by atoms with Crippen LogP contribution in [0.15, 0.2) is 53.8 Å². The van der Waals surface area contributed by atoms with Gasteiger partial charge in [0, 0.05) is 49.5 Å². The number of para-hydroxylation sites is 1. The van der Waals surface area contributed by atoms with Crippen molar-refractivity contribution in [3.8, 4) is 5.88 Å². The minimum absolute atomic E-state index is 0. The van der Waals surface area contributed by atoms with Gasteiger partial charge >= 0.3 is 0 Å². The fraction of sp³-hybridized carbons (Fsp3) is 0.364. The van der Waals surface area contributed by atoms with Crippen molar-refractivity contribution in [2.24, 2.45) is 10.9 Å². The Morgan fingerprint density at radius 2 is 2.10 bits per heavy atom. The first-order valence-corrected chi connectivity index (χ1v) is 9.89. The van der Waals surface area contributed by atoms with E-state index in [0.717, 1.165) is 37.0 Å². The molecule has 0 saturated heterocycles. The number of hydrogen-bond donors (Lipinski definition) is 3. The van der Waals surface area contributed by atoms with E-state index in [1.807, 2.05) is 18.2 Å². The number of nitrogens with zero attached hydrogens (tertiary/aromatic N) is 2. The topological polar surface area (TPSA) is 74.3 Å². The highest BCUT2D eigenvalue weighted by Gasteiger charge is 2.22.